The average Bonchev–Trinajstić information content (AvgIpc) is 2.76. The fraction of sp³-hybridized carbons (Fsp3) is 0.231. The number of sulfonamides is 1. The van der Waals surface area contributed by atoms with E-state index in [0.717, 1.165) is 4.88 Å². The van der Waals surface area contributed by atoms with Crippen LogP contribution in [0.4, 0.5) is 10.1 Å². The number of nitrogens with one attached hydrogen (secondary N) is 2. The number of thiophene rings is 1. The molecule has 114 valence electrons. The molecule has 1 aromatic carbocycles. The van der Waals surface area contributed by atoms with Gasteiger partial charge in [0.15, 0.2) is 0 Å². The molecule has 0 spiro atoms. The molecule has 0 radical (unpaired) electrons. The predicted octanol–water partition coefficient (Wildman–Crippen LogP) is 3.48. The SMILES string of the molecule is CNCc1cc(S(=O)(=O)Nc2c(F)cccc2Br)c(C)s1. The first-order valence-electron chi connectivity index (χ1n) is 6.06. The topological polar surface area (TPSA) is 58.2 Å². The lowest BCUT2D eigenvalue weighted by atomic mass is 10.3. The number of para-hydroxylation sites is 1. The van der Waals surface area contributed by atoms with Gasteiger partial charge < -0.3 is 5.32 Å². The Labute approximate surface area is 135 Å². The van der Waals surface area contributed by atoms with Crippen LogP contribution in [0.3, 0.4) is 0 Å². The second-order valence-electron chi connectivity index (χ2n) is 4.37. The van der Waals surface area contributed by atoms with Crippen LogP contribution in [0.25, 0.3) is 0 Å². The minimum Gasteiger partial charge on any atom is -0.315 e. The highest BCUT2D eigenvalue weighted by atomic mass is 79.9. The molecular formula is C13H14BrFN2O2S2. The van der Waals surface area contributed by atoms with Gasteiger partial charge in [-0.3, -0.25) is 4.72 Å². The van der Waals surface area contributed by atoms with E-state index in [0.29, 0.717) is 15.9 Å². The lowest BCUT2D eigenvalue weighted by Gasteiger charge is -2.10. The molecule has 1 heterocycles. The number of benzene rings is 1. The summed E-state index contributed by atoms with van der Waals surface area (Å²) in [5.41, 5.74) is -0.0849. The molecule has 2 N–H and O–H groups in total. The first kappa shape index (κ1) is 16.4. The molecule has 0 unspecified atom stereocenters. The molecule has 0 saturated carbocycles. The van der Waals surface area contributed by atoms with Crippen molar-refractivity contribution in [3.05, 3.63) is 44.3 Å². The molecule has 0 fully saturated rings. The molecule has 0 saturated heterocycles. The molecule has 8 heteroatoms. The van der Waals surface area contributed by atoms with E-state index in [1.165, 1.54) is 23.5 Å². The highest BCUT2D eigenvalue weighted by Crippen LogP contribution is 2.31. The molecule has 21 heavy (non-hydrogen) atoms. The van der Waals surface area contributed by atoms with Crippen LogP contribution in [-0.4, -0.2) is 15.5 Å². The minimum atomic E-state index is -3.82. The molecule has 2 rings (SSSR count). The second-order valence-corrected chi connectivity index (χ2v) is 8.21. The Morgan fingerprint density at radius 3 is 2.71 bits per heavy atom. The number of rotatable bonds is 5. The van der Waals surface area contributed by atoms with Gasteiger partial charge in [0.05, 0.1) is 5.69 Å². The van der Waals surface area contributed by atoms with Crippen LogP contribution in [0, 0.1) is 12.7 Å². The van der Waals surface area contributed by atoms with E-state index in [4.69, 9.17) is 0 Å². The van der Waals surface area contributed by atoms with Crippen LogP contribution in [0.15, 0.2) is 33.6 Å². The zero-order valence-corrected chi connectivity index (χ0v) is 14.6. The number of aryl methyl sites for hydroxylation is 1. The fourth-order valence-corrected chi connectivity index (χ4v) is 5.15. The molecule has 4 nitrogen and oxygen atoms in total. The highest BCUT2D eigenvalue weighted by Gasteiger charge is 2.22. The largest absolute Gasteiger partial charge is 0.315 e. The summed E-state index contributed by atoms with van der Waals surface area (Å²) in [5.74, 6) is -0.628. The normalized spacial score (nSPS) is 11.6. The molecular weight excluding hydrogens is 379 g/mol. The summed E-state index contributed by atoms with van der Waals surface area (Å²) < 4.78 is 41.3. The summed E-state index contributed by atoms with van der Waals surface area (Å²) in [4.78, 5) is 1.75. The van der Waals surface area contributed by atoms with Crippen LogP contribution >= 0.6 is 27.3 Å². The summed E-state index contributed by atoms with van der Waals surface area (Å²) in [6.45, 7) is 2.32. The second kappa shape index (κ2) is 6.43. The van der Waals surface area contributed by atoms with Gasteiger partial charge in [-0.15, -0.1) is 11.3 Å². The predicted molar refractivity (Wildman–Crippen MR) is 86.7 cm³/mol. The molecule has 0 aliphatic heterocycles. The van der Waals surface area contributed by atoms with Gasteiger partial charge in [0.2, 0.25) is 0 Å². The molecule has 0 amide bonds. The Balaban J connectivity index is 2.39. The first-order chi connectivity index (χ1) is 9.85. The molecule has 2 aromatic rings. The third-order valence-corrected chi connectivity index (χ3v) is 6.08. The Kier molecular flexibility index (Phi) is 5.03. The average molecular weight is 393 g/mol. The van der Waals surface area contributed by atoms with E-state index in [-0.39, 0.29) is 10.6 Å². The van der Waals surface area contributed by atoms with Crippen molar-refractivity contribution in [2.75, 3.05) is 11.8 Å². The van der Waals surface area contributed by atoms with Gasteiger partial charge in [-0.05, 0) is 48.1 Å². The van der Waals surface area contributed by atoms with Crippen molar-refractivity contribution in [1.29, 1.82) is 0 Å². The summed E-state index contributed by atoms with van der Waals surface area (Å²) in [6.07, 6.45) is 0. The van der Waals surface area contributed by atoms with Crippen LogP contribution in [0.2, 0.25) is 0 Å². The van der Waals surface area contributed by atoms with Crippen molar-refractivity contribution in [2.24, 2.45) is 0 Å². The smallest absolute Gasteiger partial charge is 0.263 e. The maximum absolute atomic E-state index is 13.8. The molecule has 0 bridgehead atoms. The minimum absolute atomic E-state index is 0.0849. The van der Waals surface area contributed by atoms with E-state index in [2.05, 4.69) is 26.0 Å². The van der Waals surface area contributed by atoms with Crippen LogP contribution < -0.4 is 10.0 Å². The number of hydrogen-bond acceptors (Lipinski definition) is 4. The quantitative estimate of drug-likeness (QED) is 0.818. The Bertz CT molecular complexity index is 739. The van der Waals surface area contributed by atoms with E-state index in [1.54, 1.807) is 26.1 Å². The Hall–Kier alpha value is -0.960. The first-order valence-corrected chi connectivity index (χ1v) is 9.15. The standard InChI is InChI=1S/C13H14BrFN2O2S2/c1-8-12(6-9(20-8)7-16-2)21(18,19)17-13-10(14)4-3-5-11(13)15/h3-6,16-17H,7H2,1-2H3. The van der Waals surface area contributed by atoms with Gasteiger partial charge in [0.1, 0.15) is 10.7 Å². The van der Waals surface area contributed by atoms with Crippen LogP contribution in [0.1, 0.15) is 9.75 Å². The van der Waals surface area contributed by atoms with Crippen molar-refractivity contribution in [3.63, 3.8) is 0 Å². The monoisotopic (exact) mass is 392 g/mol. The van der Waals surface area contributed by atoms with Gasteiger partial charge in [-0.2, -0.15) is 0 Å². The van der Waals surface area contributed by atoms with Crippen molar-refractivity contribution >= 4 is 43.0 Å². The molecule has 0 aliphatic rings. The fourth-order valence-electron chi connectivity index (χ4n) is 1.84. The van der Waals surface area contributed by atoms with Crippen molar-refractivity contribution < 1.29 is 12.8 Å². The maximum Gasteiger partial charge on any atom is 0.263 e. The maximum atomic E-state index is 13.8. The van der Waals surface area contributed by atoms with Gasteiger partial charge >= 0.3 is 0 Å². The lowest BCUT2D eigenvalue weighted by Crippen LogP contribution is -2.14. The Morgan fingerprint density at radius 2 is 2.10 bits per heavy atom. The van der Waals surface area contributed by atoms with Crippen LogP contribution in [-0.2, 0) is 16.6 Å². The van der Waals surface area contributed by atoms with Gasteiger partial charge in [0, 0.05) is 20.8 Å². The summed E-state index contributed by atoms with van der Waals surface area (Å²) in [7, 11) is -2.03. The van der Waals surface area contributed by atoms with Gasteiger partial charge in [-0.25, -0.2) is 12.8 Å². The number of anilines is 1. The number of hydrogen-bond donors (Lipinski definition) is 2. The zero-order chi connectivity index (χ0) is 15.6. The van der Waals surface area contributed by atoms with Gasteiger partial charge in [-0.1, -0.05) is 6.07 Å². The van der Waals surface area contributed by atoms with E-state index in [1.807, 2.05) is 0 Å². The third-order valence-electron chi connectivity index (χ3n) is 2.76. The summed E-state index contributed by atoms with van der Waals surface area (Å²) >= 11 is 4.54. The molecule has 1 aromatic heterocycles. The van der Waals surface area contributed by atoms with Crippen molar-refractivity contribution in [2.45, 2.75) is 18.4 Å². The van der Waals surface area contributed by atoms with Crippen LogP contribution in [0.5, 0.6) is 0 Å². The Morgan fingerprint density at radius 1 is 1.38 bits per heavy atom. The zero-order valence-electron chi connectivity index (χ0n) is 11.4. The lowest BCUT2D eigenvalue weighted by molar-refractivity contribution is 0.598. The summed E-state index contributed by atoms with van der Waals surface area (Å²) in [5, 5.41) is 2.97. The van der Waals surface area contributed by atoms with E-state index >= 15 is 0 Å². The van der Waals surface area contributed by atoms with Crippen molar-refractivity contribution in [1.82, 2.24) is 5.32 Å². The van der Waals surface area contributed by atoms with E-state index in [9.17, 15) is 12.8 Å². The third kappa shape index (κ3) is 3.63. The summed E-state index contributed by atoms with van der Waals surface area (Å²) in [6, 6.07) is 5.88. The van der Waals surface area contributed by atoms with E-state index < -0.39 is 15.8 Å². The highest BCUT2D eigenvalue weighted by molar-refractivity contribution is 9.10. The number of halogens is 2. The van der Waals surface area contributed by atoms with Crippen molar-refractivity contribution in [3.8, 4) is 0 Å². The molecule has 0 aliphatic carbocycles. The van der Waals surface area contributed by atoms with Gasteiger partial charge in [0.25, 0.3) is 10.0 Å². The molecule has 0 atom stereocenters.